The van der Waals surface area contributed by atoms with Gasteiger partial charge in [0.2, 0.25) is 0 Å². The van der Waals surface area contributed by atoms with Crippen molar-refractivity contribution in [2.24, 2.45) is 0 Å². The molecule has 0 aliphatic heterocycles. The van der Waals surface area contributed by atoms with E-state index in [9.17, 15) is 0 Å². The monoisotopic (exact) mass is 236 g/mol. The van der Waals surface area contributed by atoms with E-state index in [1.165, 1.54) is 0 Å². The molecule has 0 rings (SSSR count). The van der Waals surface area contributed by atoms with Crippen molar-refractivity contribution in [3.63, 3.8) is 0 Å². The fourth-order valence-corrected chi connectivity index (χ4v) is 1.14. The van der Waals surface area contributed by atoms with E-state index in [4.69, 9.17) is 24.4 Å². The Morgan fingerprint density at radius 3 is 2.25 bits per heavy atom. The zero-order valence-corrected chi connectivity index (χ0v) is 10.2. The molecule has 0 amide bonds. The van der Waals surface area contributed by atoms with Gasteiger partial charge in [-0.25, -0.2) is 0 Å². The van der Waals surface area contributed by atoms with Gasteiger partial charge in [0.15, 0.2) is 0 Å². The van der Waals surface area contributed by atoms with Gasteiger partial charge in [0.05, 0.1) is 45.2 Å². The molecule has 0 spiro atoms. The second kappa shape index (κ2) is 11.3. The summed E-state index contributed by atoms with van der Waals surface area (Å²) in [6.45, 7) is 5.75. The molecule has 0 bridgehead atoms. The van der Waals surface area contributed by atoms with Gasteiger partial charge in [-0.05, 0) is 20.3 Å². The maximum atomic E-state index is 8.79. The Kier molecular flexibility index (Phi) is 11.1. The van der Waals surface area contributed by atoms with E-state index in [2.05, 4.69) is 0 Å². The van der Waals surface area contributed by atoms with E-state index < -0.39 is 0 Å². The van der Waals surface area contributed by atoms with E-state index >= 15 is 0 Å². The van der Waals surface area contributed by atoms with Crippen LogP contribution in [-0.2, 0) is 14.2 Å². The highest BCUT2D eigenvalue weighted by atomic mass is 16.6. The summed E-state index contributed by atoms with van der Waals surface area (Å²) in [6.07, 6.45) is 0.573. The van der Waals surface area contributed by atoms with Crippen molar-refractivity contribution in [3.8, 4) is 0 Å². The van der Waals surface area contributed by atoms with Crippen LogP contribution in [0.25, 0.3) is 0 Å². The van der Waals surface area contributed by atoms with Crippen molar-refractivity contribution in [1.29, 1.82) is 0 Å². The lowest BCUT2D eigenvalue weighted by Crippen LogP contribution is -2.24. The Labute approximate surface area is 97.3 Å². The van der Waals surface area contributed by atoms with Crippen LogP contribution in [0.5, 0.6) is 0 Å². The first-order valence-corrected chi connectivity index (χ1v) is 5.73. The Morgan fingerprint density at radius 1 is 0.938 bits per heavy atom. The number of aliphatic hydroxyl groups excluding tert-OH is 2. The first-order valence-electron chi connectivity index (χ1n) is 5.73. The number of rotatable bonds is 11. The summed E-state index contributed by atoms with van der Waals surface area (Å²) in [4.78, 5) is 0. The van der Waals surface area contributed by atoms with E-state index in [0.29, 0.717) is 26.2 Å². The molecule has 5 nitrogen and oxygen atoms in total. The minimum Gasteiger partial charge on any atom is -0.396 e. The Bertz CT molecular complexity index is 140. The third-order valence-electron chi connectivity index (χ3n) is 1.88. The molecule has 0 aromatic rings. The quantitative estimate of drug-likeness (QED) is 0.501. The summed E-state index contributed by atoms with van der Waals surface area (Å²) in [5.41, 5.74) is 0. The van der Waals surface area contributed by atoms with Crippen molar-refractivity contribution >= 4 is 0 Å². The van der Waals surface area contributed by atoms with Crippen LogP contribution in [0.4, 0.5) is 0 Å². The molecule has 0 aromatic carbocycles. The predicted octanol–water partition coefficient (Wildman–Crippen LogP) is 0.188. The van der Waals surface area contributed by atoms with Crippen LogP contribution in [-0.4, -0.2) is 62.1 Å². The van der Waals surface area contributed by atoms with Crippen molar-refractivity contribution < 1.29 is 24.4 Å². The van der Waals surface area contributed by atoms with Gasteiger partial charge in [0.25, 0.3) is 0 Å². The van der Waals surface area contributed by atoms with Crippen LogP contribution in [0.2, 0.25) is 0 Å². The minimum absolute atomic E-state index is 0.0155. The maximum Gasteiger partial charge on any atom is 0.0831 e. The smallest absolute Gasteiger partial charge is 0.0831 e. The molecule has 2 N–H and O–H groups in total. The highest BCUT2D eigenvalue weighted by Crippen LogP contribution is 1.99. The molecule has 0 saturated heterocycles. The third-order valence-corrected chi connectivity index (χ3v) is 1.88. The number of hydrogen-bond acceptors (Lipinski definition) is 5. The zero-order valence-electron chi connectivity index (χ0n) is 10.2. The van der Waals surface area contributed by atoms with Crippen LogP contribution in [0.1, 0.15) is 20.3 Å². The average Bonchev–Trinajstić information content (AvgIpc) is 2.24. The van der Waals surface area contributed by atoms with Crippen molar-refractivity contribution in [2.45, 2.75) is 32.5 Å². The fourth-order valence-electron chi connectivity index (χ4n) is 1.14. The molecule has 0 aromatic heterocycles. The van der Waals surface area contributed by atoms with Crippen LogP contribution in [0.15, 0.2) is 0 Å². The van der Waals surface area contributed by atoms with Gasteiger partial charge < -0.3 is 24.4 Å². The van der Waals surface area contributed by atoms with Gasteiger partial charge in [0, 0.05) is 6.61 Å². The Morgan fingerprint density at radius 2 is 1.69 bits per heavy atom. The lowest BCUT2D eigenvalue weighted by molar-refractivity contribution is -0.0516. The summed E-state index contributed by atoms with van der Waals surface area (Å²) in [7, 11) is 0. The molecule has 0 saturated carbocycles. The summed E-state index contributed by atoms with van der Waals surface area (Å²) in [5.74, 6) is 0. The molecule has 0 radical (unpaired) electrons. The lowest BCUT2D eigenvalue weighted by Gasteiger charge is -2.16. The molecular weight excluding hydrogens is 212 g/mol. The predicted molar refractivity (Wildman–Crippen MR) is 60.4 cm³/mol. The first-order chi connectivity index (χ1) is 7.70. The highest BCUT2D eigenvalue weighted by molar-refractivity contribution is 4.56. The molecule has 0 aliphatic carbocycles. The molecule has 1 atom stereocenters. The zero-order chi connectivity index (χ0) is 12.2. The fraction of sp³-hybridized carbons (Fsp3) is 1.00. The molecule has 1 unspecified atom stereocenters. The van der Waals surface area contributed by atoms with Crippen LogP contribution < -0.4 is 0 Å². The van der Waals surface area contributed by atoms with Crippen LogP contribution in [0, 0.1) is 0 Å². The van der Waals surface area contributed by atoms with Gasteiger partial charge in [-0.2, -0.15) is 0 Å². The molecule has 98 valence electrons. The highest BCUT2D eigenvalue weighted by Gasteiger charge is 2.08. The molecular formula is C11H24O5. The summed E-state index contributed by atoms with van der Waals surface area (Å²) in [5, 5.41) is 17.4. The van der Waals surface area contributed by atoms with Crippen LogP contribution in [0.3, 0.4) is 0 Å². The number of hydrogen-bond donors (Lipinski definition) is 2. The second-order valence-electron chi connectivity index (χ2n) is 3.72. The SMILES string of the molecule is CC(C)OCCOCC(CCO)OCCO. The summed E-state index contributed by atoms with van der Waals surface area (Å²) < 4.78 is 15.9. The van der Waals surface area contributed by atoms with Crippen molar-refractivity contribution in [3.05, 3.63) is 0 Å². The van der Waals surface area contributed by atoms with Crippen molar-refractivity contribution in [1.82, 2.24) is 0 Å². The normalized spacial score (nSPS) is 13.3. The van der Waals surface area contributed by atoms with E-state index in [1.807, 2.05) is 13.8 Å². The van der Waals surface area contributed by atoms with E-state index in [-0.39, 0.29) is 32.0 Å². The largest absolute Gasteiger partial charge is 0.396 e. The summed E-state index contributed by atoms with van der Waals surface area (Å²) in [6, 6.07) is 0. The van der Waals surface area contributed by atoms with Gasteiger partial charge >= 0.3 is 0 Å². The minimum atomic E-state index is -0.156. The van der Waals surface area contributed by atoms with Crippen LogP contribution >= 0.6 is 0 Å². The average molecular weight is 236 g/mol. The molecule has 16 heavy (non-hydrogen) atoms. The first kappa shape index (κ1) is 15.8. The van der Waals surface area contributed by atoms with Gasteiger partial charge in [-0.15, -0.1) is 0 Å². The molecule has 0 aliphatic rings. The van der Waals surface area contributed by atoms with Gasteiger partial charge in [-0.1, -0.05) is 0 Å². The molecule has 5 heteroatoms. The molecule has 0 fully saturated rings. The summed E-state index contributed by atoms with van der Waals surface area (Å²) >= 11 is 0. The van der Waals surface area contributed by atoms with Gasteiger partial charge in [-0.3, -0.25) is 0 Å². The lowest BCUT2D eigenvalue weighted by atomic mass is 10.3. The Balaban J connectivity index is 3.43. The standard InChI is InChI=1S/C11H24O5/c1-10(2)15-8-7-14-9-11(3-4-12)16-6-5-13/h10-13H,3-9H2,1-2H3. The van der Waals surface area contributed by atoms with Gasteiger partial charge in [0.1, 0.15) is 0 Å². The van der Waals surface area contributed by atoms with Crippen molar-refractivity contribution in [2.75, 3.05) is 39.6 Å². The molecule has 0 heterocycles. The van der Waals surface area contributed by atoms with E-state index in [0.717, 1.165) is 0 Å². The second-order valence-corrected chi connectivity index (χ2v) is 3.72. The number of aliphatic hydroxyl groups is 2. The topological polar surface area (TPSA) is 68.2 Å². The Hall–Kier alpha value is -0.200. The maximum absolute atomic E-state index is 8.79. The third kappa shape index (κ3) is 10.3. The van der Waals surface area contributed by atoms with E-state index in [1.54, 1.807) is 0 Å². The number of ether oxygens (including phenoxy) is 3.